The van der Waals surface area contributed by atoms with Crippen LogP contribution in [0.5, 0.6) is 0 Å². The van der Waals surface area contributed by atoms with Gasteiger partial charge < -0.3 is 4.74 Å². The largest absolute Gasteiger partial charge is 0.452 e. The summed E-state index contributed by atoms with van der Waals surface area (Å²) in [5.74, 6) is -1.52. The predicted molar refractivity (Wildman–Crippen MR) is 49.5 cm³/mol. The number of halogens is 2. The van der Waals surface area contributed by atoms with Gasteiger partial charge in [0.2, 0.25) is 0 Å². The second kappa shape index (κ2) is 5.04. The molecule has 0 fully saturated rings. The molecule has 80 valence electrons. The van der Waals surface area contributed by atoms with E-state index in [1.165, 1.54) is 6.07 Å². The maximum Gasteiger partial charge on any atom is 0.427 e. The van der Waals surface area contributed by atoms with E-state index < -0.39 is 17.7 Å². The van der Waals surface area contributed by atoms with E-state index in [-0.39, 0.29) is 5.56 Å². The first-order valence-electron chi connectivity index (χ1n) is 3.96. The van der Waals surface area contributed by atoms with Gasteiger partial charge in [0.1, 0.15) is 11.6 Å². The van der Waals surface area contributed by atoms with E-state index in [9.17, 15) is 13.6 Å². The molecule has 0 aromatic heterocycles. The van der Waals surface area contributed by atoms with Crippen molar-refractivity contribution in [3.05, 3.63) is 35.4 Å². The topological polar surface area (TPSA) is 50.7 Å². The average molecular weight is 214 g/mol. The molecule has 15 heavy (non-hydrogen) atoms. The van der Waals surface area contributed by atoms with Crippen LogP contribution in [0.2, 0.25) is 0 Å². The summed E-state index contributed by atoms with van der Waals surface area (Å²) in [5.41, 5.74) is 1.59. The number of methoxy groups -OCH3 is 1. The van der Waals surface area contributed by atoms with Gasteiger partial charge in [0.05, 0.1) is 18.9 Å². The van der Waals surface area contributed by atoms with Crippen molar-refractivity contribution < 1.29 is 18.3 Å². The Labute approximate surface area is 84.5 Å². The molecule has 0 aliphatic heterocycles. The molecule has 0 saturated heterocycles. The standard InChI is InChI=1S/C9H8F2N2O2/c1-15-9(14)13-12-5-6-7(10)3-2-4-8(6)11/h2-5H,1H3,(H,13,14)/b12-5-. The monoisotopic (exact) mass is 214 g/mol. The molecule has 0 atom stereocenters. The van der Waals surface area contributed by atoms with Crippen LogP contribution in [0.1, 0.15) is 5.56 Å². The molecule has 0 aliphatic carbocycles. The fourth-order valence-corrected chi connectivity index (χ4v) is 0.829. The summed E-state index contributed by atoms with van der Waals surface area (Å²) in [6.07, 6.45) is 0.0460. The minimum Gasteiger partial charge on any atom is -0.452 e. The first-order chi connectivity index (χ1) is 7.15. The maximum atomic E-state index is 13.0. The van der Waals surface area contributed by atoms with Crippen molar-refractivity contribution in [1.29, 1.82) is 0 Å². The summed E-state index contributed by atoms with van der Waals surface area (Å²) in [6.45, 7) is 0. The maximum absolute atomic E-state index is 13.0. The zero-order chi connectivity index (χ0) is 11.3. The number of amides is 1. The Kier molecular flexibility index (Phi) is 3.73. The number of ether oxygens (including phenoxy) is 1. The molecule has 0 unspecified atom stereocenters. The highest BCUT2D eigenvalue weighted by atomic mass is 19.1. The molecule has 0 saturated carbocycles. The van der Waals surface area contributed by atoms with Crippen molar-refractivity contribution in [2.75, 3.05) is 7.11 Å². The summed E-state index contributed by atoms with van der Waals surface area (Å²) >= 11 is 0. The van der Waals surface area contributed by atoms with Crippen molar-refractivity contribution in [3.8, 4) is 0 Å². The molecule has 1 rings (SSSR count). The van der Waals surface area contributed by atoms with Crippen LogP contribution in [0.3, 0.4) is 0 Å². The summed E-state index contributed by atoms with van der Waals surface area (Å²) < 4.78 is 30.2. The van der Waals surface area contributed by atoms with Crippen LogP contribution in [-0.4, -0.2) is 19.4 Å². The molecular formula is C9H8F2N2O2. The van der Waals surface area contributed by atoms with Crippen LogP contribution in [0.15, 0.2) is 23.3 Å². The van der Waals surface area contributed by atoms with E-state index in [0.717, 1.165) is 25.5 Å². The Balaban J connectivity index is 2.76. The third-order valence-corrected chi connectivity index (χ3v) is 1.53. The Morgan fingerprint density at radius 3 is 2.60 bits per heavy atom. The normalized spacial score (nSPS) is 10.3. The first-order valence-corrected chi connectivity index (χ1v) is 3.96. The lowest BCUT2D eigenvalue weighted by Crippen LogP contribution is -2.17. The molecule has 1 N–H and O–H groups in total. The lowest BCUT2D eigenvalue weighted by atomic mass is 10.2. The zero-order valence-electron chi connectivity index (χ0n) is 7.83. The summed E-state index contributed by atoms with van der Waals surface area (Å²) in [6, 6.07) is 3.40. The minimum absolute atomic E-state index is 0.325. The van der Waals surface area contributed by atoms with E-state index in [1.54, 1.807) is 0 Å². The number of hydrazone groups is 1. The second-order valence-electron chi connectivity index (χ2n) is 2.50. The average Bonchev–Trinajstić information content (AvgIpc) is 2.22. The van der Waals surface area contributed by atoms with Crippen LogP contribution < -0.4 is 5.43 Å². The van der Waals surface area contributed by atoms with Gasteiger partial charge >= 0.3 is 6.09 Å². The highest BCUT2D eigenvalue weighted by Gasteiger charge is 2.05. The predicted octanol–water partition coefficient (Wildman–Crippen LogP) is 1.65. The number of hydrogen-bond donors (Lipinski definition) is 1. The molecule has 6 heteroatoms. The number of rotatable bonds is 2. The smallest absolute Gasteiger partial charge is 0.427 e. The summed E-state index contributed by atoms with van der Waals surface area (Å²) in [4.78, 5) is 10.5. The SMILES string of the molecule is COC(=O)N/N=C\c1c(F)cccc1F. The van der Waals surface area contributed by atoms with Gasteiger partial charge in [-0.2, -0.15) is 5.10 Å². The van der Waals surface area contributed by atoms with Crippen LogP contribution in [0, 0.1) is 11.6 Å². The van der Waals surface area contributed by atoms with Gasteiger partial charge in [-0.1, -0.05) is 6.07 Å². The molecule has 0 heterocycles. The summed E-state index contributed by atoms with van der Waals surface area (Å²) in [7, 11) is 1.15. The highest BCUT2D eigenvalue weighted by molar-refractivity contribution is 5.81. The lowest BCUT2D eigenvalue weighted by molar-refractivity contribution is 0.171. The molecule has 1 aromatic carbocycles. The van der Waals surface area contributed by atoms with Gasteiger partial charge in [0.25, 0.3) is 0 Å². The van der Waals surface area contributed by atoms with Crippen LogP contribution >= 0.6 is 0 Å². The first kappa shape index (κ1) is 11.1. The number of benzene rings is 1. The van der Waals surface area contributed by atoms with Gasteiger partial charge in [-0.05, 0) is 12.1 Å². The number of nitrogens with one attached hydrogen (secondary N) is 1. The third-order valence-electron chi connectivity index (χ3n) is 1.53. The number of nitrogens with zero attached hydrogens (tertiary/aromatic N) is 1. The molecule has 0 bridgehead atoms. The van der Waals surface area contributed by atoms with Crippen LogP contribution in [-0.2, 0) is 4.74 Å². The molecule has 0 spiro atoms. The van der Waals surface area contributed by atoms with Crippen LogP contribution in [0.4, 0.5) is 13.6 Å². The molecule has 0 aliphatic rings. The quantitative estimate of drug-likeness (QED) is 0.601. The van der Waals surface area contributed by atoms with E-state index in [4.69, 9.17) is 0 Å². The van der Waals surface area contributed by atoms with E-state index >= 15 is 0 Å². The Bertz CT molecular complexity index is 373. The van der Waals surface area contributed by atoms with E-state index in [1.807, 2.05) is 5.43 Å². The minimum atomic E-state index is -0.817. The summed E-state index contributed by atoms with van der Waals surface area (Å²) in [5, 5.41) is 3.30. The van der Waals surface area contributed by atoms with Crippen molar-refractivity contribution in [2.45, 2.75) is 0 Å². The van der Waals surface area contributed by atoms with Gasteiger partial charge in [-0.25, -0.2) is 19.0 Å². The van der Waals surface area contributed by atoms with Crippen molar-refractivity contribution in [1.82, 2.24) is 5.43 Å². The third kappa shape index (κ3) is 3.01. The number of carbonyl (C=O) groups is 1. The Morgan fingerprint density at radius 2 is 2.07 bits per heavy atom. The molecule has 0 radical (unpaired) electrons. The Hall–Kier alpha value is -1.98. The molecule has 1 aromatic rings. The van der Waals surface area contributed by atoms with Gasteiger partial charge in [-0.15, -0.1) is 0 Å². The molecule has 1 amide bonds. The Morgan fingerprint density at radius 1 is 1.47 bits per heavy atom. The number of hydrogen-bond acceptors (Lipinski definition) is 3. The highest BCUT2D eigenvalue weighted by Crippen LogP contribution is 2.08. The van der Waals surface area contributed by atoms with Crippen molar-refractivity contribution >= 4 is 12.3 Å². The van der Waals surface area contributed by atoms with E-state index in [0.29, 0.717) is 0 Å². The van der Waals surface area contributed by atoms with Gasteiger partial charge in [-0.3, -0.25) is 0 Å². The lowest BCUT2D eigenvalue weighted by Gasteiger charge is -1.98. The molecular weight excluding hydrogens is 206 g/mol. The van der Waals surface area contributed by atoms with Gasteiger partial charge in [0, 0.05) is 0 Å². The number of carbonyl (C=O) groups excluding carboxylic acids is 1. The second-order valence-corrected chi connectivity index (χ2v) is 2.50. The van der Waals surface area contributed by atoms with Gasteiger partial charge in [0.15, 0.2) is 0 Å². The van der Waals surface area contributed by atoms with Crippen molar-refractivity contribution in [2.24, 2.45) is 5.10 Å². The fraction of sp³-hybridized carbons (Fsp3) is 0.111. The van der Waals surface area contributed by atoms with Crippen molar-refractivity contribution in [3.63, 3.8) is 0 Å². The fourth-order valence-electron chi connectivity index (χ4n) is 0.829. The van der Waals surface area contributed by atoms with Crippen LogP contribution in [0.25, 0.3) is 0 Å². The molecule has 4 nitrogen and oxygen atoms in total. The zero-order valence-corrected chi connectivity index (χ0v) is 7.83. The van der Waals surface area contributed by atoms with E-state index in [2.05, 4.69) is 9.84 Å².